The lowest BCUT2D eigenvalue weighted by Gasteiger charge is -2.23. The molecule has 3 nitrogen and oxygen atoms in total. The van der Waals surface area contributed by atoms with E-state index in [4.69, 9.17) is 0 Å². The molecule has 52 valence electrons. The molecule has 1 aliphatic rings. The van der Waals surface area contributed by atoms with E-state index in [2.05, 4.69) is 17.4 Å². The number of hydrogen-bond donors (Lipinski definition) is 1. The summed E-state index contributed by atoms with van der Waals surface area (Å²) in [7, 11) is 0. The van der Waals surface area contributed by atoms with Crippen molar-refractivity contribution in [2.24, 2.45) is 11.1 Å². The van der Waals surface area contributed by atoms with Crippen LogP contribution in [-0.4, -0.2) is 19.1 Å². The molecular formula is C6H12N2O. The van der Waals surface area contributed by atoms with E-state index in [1.165, 1.54) is 0 Å². The van der Waals surface area contributed by atoms with Crippen molar-refractivity contribution in [3.05, 3.63) is 4.91 Å². The molecule has 9 heavy (non-hydrogen) atoms. The summed E-state index contributed by atoms with van der Waals surface area (Å²) >= 11 is 0. The lowest BCUT2D eigenvalue weighted by Crippen LogP contribution is -2.37. The molecule has 0 radical (unpaired) electrons. The second-order valence-corrected chi connectivity index (χ2v) is 2.64. The topological polar surface area (TPSA) is 41.5 Å². The minimum absolute atomic E-state index is 0.0613. The highest BCUT2D eigenvalue weighted by atomic mass is 16.3. The summed E-state index contributed by atoms with van der Waals surface area (Å²) in [5, 5.41) is 6.24. The van der Waals surface area contributed by atoms with Gasteiger partial charge in [0.2, 0.25) is 0 Å². The van der Waals surface area contributed by atoms with E-state index in [-0.39, 0.29) is 6.04 Å². The predicted octanol–water partition coefficient (Wildman–Crippen LogP) is 0.751. The first-order valence-electron chi connectivity index (χ1n) is 3.38. The van der Waals surface area contributed by atoms with Crippen LogP contribution in [0.4, 0.5) is 0 Å². The van der Waals surface area contributed by atoms with E-state index in [9.17, 15) is 4.91 Å². The maximum absolute atomic E-state index is 10.1. The maximum atomic E-state index is 10.1. The Morgan fingerprint density at radius 2 is 2.44 bits per heavy atom. The lowest BCUT2D eigenvalue weighted by molar-refractivity contribution is 0.349. The van der Waals surface area contributed by atoms with Crippen molar-refractivity contribution < 1.29 is 0 Å². The Morgan fingerprint density at radius 1 is 1.67 bits per heavy atom. The van der Waals surface area contributed by atoms with E-state index >= 15 is 0 Å². The second kappa shape index (κ2) is 2.92. The molecular weight excluding hydrogens is 116 g/mol. The van der Waals surface area contributed by atoms with Crippen LogP contribution in [0, 0.1) is 10.8 Å². The fraction of sp³-hybridized carbons (Fsp3) is 1.00. The summed E-state index contributed by atoms with van der Waals surface area (Å²) in [4.78, 5) is 10.1. The van der Waals surface area contributed by atoms with Gasteiger partial charge in [0.1, 0.15) is 0 Å². The normalized spacial score (nSPS) is 36.1. The number of piperidine rings is 1. The van der Waals surface area contributed by atoms with Gasteiger partial charge in [-0.15, -0.1) is 0 Å². The molecule has 0 aromatic carbocycles. The van der Waals surface area contributed by atoms with Crippen molar-refractivity contribution in [1.82, 2.24) is 5.32 Å². The average Bonchev–Trinajstić information content (AvgIpc) is 1.89. The maximum Gasteiger partial charge on any atom is 0.0969 e. The Kier molecular flexibility index (Phi) is 2.16. The molecule has 0 saturated carbocycles. The van der Waals surface area contributed by atoms with E-state index in [0.717, 1.165) is 19.5 Å². The first kappa shape index (κ1) is 6.68. The van der Waals surface area contributed by atoms with Crippen molar-refractivity contribution in [3.8, 4) is 0 Å². The lowest BCUT2D eigenvalue weighted by atomic mass is 9.96. The minimum Gasteiger partial charge on any atom is -0.316 e. The fourth-order valence-corrected chi connectivity index (χ4v) is 1.16. The molecule has 1 fully saturated rings. The second-order valence-electron chi connectivity index (χ2n) is 2.64. The van der Waals surface area contributed by atoms with Gasteiger partial charge in [0.25, 0.3) is 0 Å². The summed E-state index contributed by atoms with van der Waals surface area (Å²) in [5.41, 5.74) is 0. The molecule has 1 heterocycles. The van der Waals surface area contributed by atoms with Gasteiger partial charge in [0.15, 0.2) is 0 Å². The van der Waals surface area contributed by atoms with E-state index in [1.807, 2.05) is 0 Å². The zero-order chi connectivity index (χ0) is 6.69. The summed E-state index contributed by atoms with van der Waals surface area (Å²) < 4.78 is 0. The first-order chi connectivity index (χ1) is 4.34. The summed E-state index contributed by atoms with van der Waals surface area (Å²) in [5.74, 6) is 0.427. The molecule has 0 amide bonds. The Hall–Kier alpha value is -0.440. The molecule has 0 aromatic rings. The third-order valence-corrected chi connectivity index (χ3v) is 1.88. The first-order valence-corrected chi connectivity index (χ1v) is 3.38. The molecule has 0 aromatic heterocycles. The number of hydrogen-bond acceptors (Lipinski definition) is 3. The van der Waals surface area contributed by atoms with Crippen molar-refractivity contribution in [2.45, 2.75) is 19.4 Å². The van der Waals surface area contributed by atoms with Crippen LogP contribution in [-0.2, 0) is 0 Å². The van der Waals surface area contributed by atoms with Gasteiger partial charge in [0, 0.05) is 0 Å². The quantitative estimate of drug-likeness (QED) is 0.529. The van der Waals surface area contributed by atoms with Crippen molar-refractivity contribution in [3.63, 3.8) is 0 Å². The van der Waals surface area contributed by atoms with Crippen LogP contribution < -0.4 is 5.32 Å². The van der Waals surface area contributed by atoms with Crippen LogP contribution in [0.5, 0.6) is 0 Å². The van der Waals surface area contributed by atoms with Crippen molar-refractivity contribution in [2.75, 3.05) is 13.1 Å². The number of rotatable bonds is 1. The van der Waals surface area contributed by atoms with E-state index < -0.39 is 0 Å². The molecule has 1 saturated heterocycles. The molecule has 1 rings (SSSR count). The van der Waals surface area contributed by atoms with E-state index in [0.29, 0.717) is 5.92 Å². The van der Waals surface area contributed by atoms with Crippen molar-refractivity contribution in [1.29, 1.82) is 0 Å². The SMILES string of the molecule is CC1CNCC[C@H]1N=O. The predicted molar refractivity (Wildman–Crippen MR) is 36.2 cm³/mol. The largest absolute Gasteiger partial charge is 0.316 e. The summed E-state index contributed by atoms with van der Waals surface area (Å²) in [6.07, 6.45) is 0.907. The molecule has 0 aliphatic carbocycles. The van der Waals surface area contributed by atoms with Crippen LogP contribution in [0.2, 0.25) is 0 Å². The summed E-state index contributed by atoms with van der Waals surface area (Å²) in [6, 6.07) is 0.0613. The van der Waals surface area contributed by atoms with Crippen LogP contribution in [0.3, 0.4) is 0 Å². The summed E-state index contributed by atoms with van der Waals surface area (Å²) in [6.45, 7) is 3.94. The standard InChI is InChI=1S/C6H12N2O/c1-5-4-7-3-2-6(5)8-9/h5-7H,2-4H2,1H3/t5?,6-/m1/s1. The molecule has 1 unspecified atom stereocenters. The van der Waals surface area contributed by atoms with Crippen molar-refractivity contribution >= 4 is 0 Å². The third kappa shape index (κ3) is 1.48. The highest BCUT2D eigenvalue weighted by Gasteiger charge is 2.20. The smallest absolute Gasteiger partial charge is 0.0969 e. The number of nitroso groups, excluding NO2 is 1. The average molecular weight is 128 g/mol. The highest BCUT2D eigenvalue weighted by molar-refractivity contribution is 4.79. The van der Waals surface area contributed by atoms with Crippen LogP contribution in [0.1, 0.15) is 13.3 Å². The van der Waals surface area contributed by atoms with Crippen LogP contribution in [0.15, 0.2) is 5.18 Å². The Balaban J connectivity index is 2.38. The van der Waals surface area contributed by atoms with Gasteiger partial charge in [-0.1, -0.05) is 12.1 Å². The zero-order valence-electron chi connectivity index (χ0n) is 5.63. The van der Waals surface area contributed by atoms with Crippen LogP contribution in [0.25, 0.3) is 0 Å². The molecule has 3 heteroatoms. The highest BCUT2D eigenvalue weighted by Crippen LogP contribution is 2.12. The van der Waals surface area contributed by atoms with E-state index in [1.54, 1.807) is 0 Å². The Morgan fingerprint density at radius 3 is 2.89 bits per heavy atom. The van der Waals surface area contributed by atoms with Crippen LogP contribution >= 0.6 is 0 Å². The van der Waals surface area contributed by atoms with Gasteiger partial charge < -0.3 is 5.32 Å². The van der Waals surface area contributed by atoms with Gasteiger partial charge in [-0.3, -0.25) is 0 Å². The monoisotopic (exact) mass is 128 g/mol. The zero-order valence-corrected chi connectivity index (χ0v) is 5.63. The Bertz CT molecular complexity index is 105. The molecule has 0 spiro atoms. The fourth-order valence-electron chi connectivity index (χ4n) is 1.16. The number of nitrogens with zero attached hydrogens (tertiary/aromatic N) is 1. The minimum atomic E-state index is 0.0613. The van der Waals surface area contributed by atoms with Gasteiger partial charge in [-0.05, 0) is 25.4 Å². The molecule has 0 bridgehead atoms. The number of nitrogens with one attached hydrogen (secondary N) is 1. The third-order valence-electron chi connectivity index (χ3n) is 1.88. The Labute approximate surface area is 54.8 Å². The molecule has 1 N–H and O–H groups in total. The van der Waals surface area contributed by atoms with Gasteiger partial charge >= 0.3 is 0 Å². The van der Waals surface area contributed by atoms with Gasteiger partial charge in [-0.25, -0.2) is 0 Å². The van der Waals surface area contributed by atoms with Gasteiger partial charge in [0.05, 0.1) is 6.04 Å². The molecule has 1 aliphatic heterocycles. The molecule has 2 atom stereocenters. The van der Waals surface area contributed by atoms with Gasteiger partial charge in [-0.2, -0.15) is 4.91 Å².